The molecule has 6 heteroatoms. The topological polar surface area (TPSA) is 15.3 Å². The van der Waals surface area contributed by atoms with Crippen LogP contribution in [0.5, 0.6) is 0 Å². The Morgan fingerprint density at radius 3 is 2.82 bits per heavy atom. The molecule has 17 heavy (non-hydrogen) atoms. The highest BCUT2D eigenvalue weighted by molar-refractivity contribution is 7.12. The lowest BCUT2D eigenvalue weighted by Crippen LogP contribution is -2.48. The number of piperazine rings is 1. The van der Waals surface area contributed by atoms with Crippen LogP contribution in [0.2, 0.25) is 0 Å². The van der Waals surface area contributed by atoms with Gasteiger partial charge in [0.2, 0.25) is 0 Å². The van der Waals surface area contributed by atoms with E-state index in [1.165, 1.54) is 6.07 Å². The summed E-state index contributed by atoms with van der Waals surface area (Å²) in [5, 5.41) is 3.31. The fourth-order valence-corrected chi connectivity index (χ4v) is 2.91. The number of halogens is 3. The zero-order valence-corrected chi connectivity index (χ0v) is 10.4. The molecule has 2 nitrogen and oxygen atoms in total. The lowest BCUT2D eigenvalue weighted by atomic mass is 10.2. The van der Waals surface area contributed by atoms with Crippen molar-refractivity contribution in [1.29, 1.82) is 0 Å². The van der Waals surface area contributed by atoms with Crippen molar-refractivity contribution in [1.82, 2.24) is 10.2 Å². The van der Waals surface area contributed by atoms with Crippen molar-refractivity contribution in [3.05, 3.63) is 21.9 Å². The van der Waals surface area contributed by atoms with Crippen LogP contribution >= 0.6 is 11.3 Å². The summed E-state index contributed by atoms with van der Waals surface area (Å²) in [7, 11) is 0. The molecular formula is C11H15F3N2S. The minimum Gasteiger partial charge on any atom is -0.312 e. The predicted molar refractivity (Wildman–Crippen MR) is 62.1 cm³/mol. The summed E-state index contributed by atoms with van der Waals surface area (Å²) >= 11 is 0.848. The molecule has 1 fully saturated rings. The van der Waals surface area contributed by atoms with Crippen molar-refractivity contribution < 1.29 is 13.2 Å². The molecule has 1 N–H and O–H groups in total. The lowest BCUT2D eigenvalue weighted by Gasteiger charge is -2.31. The molecule has 1 aliphatic rings. The molecule has 0 unspecified atom stereocenters. The van der Waals surface area contributed by atoms with E-state index in [-0.39, 0.29) is 0 Å². The molecule has 2 rings (SSSR count). The Balaban J connectivity index is 1.97. The first-order valence-electron chi connectivity index (χ1n) is 5.57. The molecule has 1 saturated heterocycles. The molecule has 0 radical (unpaired) electrons. The van der Waals surface area contributed by atoms with E-state index in [1.807, 2.05) is 0 Å². The monoisotopic (exact) mass is 264 g/mol. The van der Waals surface area contributed by atoms with Gasteiger partial charge in [-0.15, -0.1) is 11.3 Å². The molecule has 0 amide bonds. The van der Waals surface area contributed by atoms with Crippen molar-refractivity contribution >= 4 is 11.3 Å². The minimum absolute atomic E-state index is 0.408. The zero-order valence-electron chi connectivity index (χ0n) is 9.55. The molecule has 96 valence electrons. The molecule has 0 aliphatic carbocycles. The van der Waals surface area contributed by atoms with E-state index in [0.717, 1.165) is 35.8 Å². The predicted octanol–water partition coefficient (Wildman–Crippen LogP) is 2.56. The van der Waals surface area contributed by atoms with Crippen LogP contribution in [0.3, 0.4) is 0 Å². The molecule has 0 saturated carbocycles. The SMILES string of the molecule is C[C@@H]1CN(Cc2ccc(C(F)(F)F)s2)CCN1. The van der Waals surface area contributed by atoms with E-state index in [4.69, 9.17) is 0 Å². The van der Waals surface area contributed by atoms with Gasteiger partial charge in [0.25, 0.3) is 0 Å². The molecule has 1 aromatic rings. The van der Waals surface area contributed by atoms with Gasteiger partial charge < -0.3 is 5.32 Å². The maximum absolute atomic E-state index is 12.4. The van der Waals surface area contributed by atoms with Gasteiger partial charge in [0.05, 0.1) is 0 Å². The van der Waals surface area contributed by atoms with Gasteiger partial charge in [0.15, 0.2) is 0 Å². The molecule has 0 bridgehead atoms. The maximum Gasteiger partial charge on any atom is 0.425 e. The lowest BCUT2D eigenvalue weighted by molar-refractivity contribution is -0.134. The number of alkyl halides is 3. The van der Waals surface area contributed by atoms with Crippen LogP contribution in [0.15, 0.2) is 12.1 Å². The Labute approximate surface area is 102 Å². The largest absolute Gasteiger partial charge is 0.425 e. The summed E-state index contributed by atoms with van der Waals surface area (Å²) in [6.07, 6.45) is -4.21. The molecule has 1 aliphatic heterocycles. The Morgan fingerprint density at radius 1 is 1.47 bits per heavy atom. The Morgan fingerprint density at radius 2 is 2.24 bits per heavy atom. The average Bonchev–Trinajstić information content (AvgIpc) is 2.65. The second-order valence-electron chi connectivity index (χ2n) is 4.35. The second kappa shape index (κ2) is 4.96. The summed E-state index contributed by atoms with van der Waals surface area (Å²) in [5.41, 5.74) is 0. The fourth-order valence-electron chi connectivity index (χ4n) is 1.99. The van der Waals surface area contributed by atoms with Gasteiger partial charge in [-0.25, -0.2) is 0 Å². The third-order valence-electron chi connectivity index (χ3n) is 2.77. The number of hydrogen-bond donors (Lipinski definition) is 1. The summed E-state index contributed by atoms with van der Waals surface area (Å²) in [6, 6.07) is 3.16. The van der Waals surface area contributed by atoms with Gasteiger partial charge in [-0.3, -0.25) is 4.90 Å². The van der Waals surface area contributed by atoms with Crippen LogP contribution in [0, 0.1) is 0 Å². The first-order chi connectivity index (χ1) is 7.95. The van der Waals surface area contributed by atoms with Gasteiger partial charge in [-0.1, -0.05) is 0 Å². The third-order valence-corrected chi connectivity index (χ3v) is 3.89. The van der Waals surface area contributed by atoms with Gasteiger partial charge in [0.1, 0.15) is 4.88 Å². The Bertz CT molecular complexity index is 375. The van der Waals surface area contributed by atoms with E-state index in [0.29, 0.717) is 12.6 Å². The van der Waals surface area contributed by atoms with Crippen molar-refractivity contribution in [2.75, 3.05) is 19.6 Å². The van der Waals surface area contributed by atoms with Crippen LogP contribution in [-0.2, 0) is 12.7 Å². The van der Waals surface area contributed by atoms with Crippen LogP contribution < -0.4 is 5.32 Å². The van der Waals surface area contributed by atoms with Crippen LogP contribution in [0.25, 0.3) is 0 Å². The normalized spacial score (nSPS) is 22.9. The number of thiophene rings is 1. The number of rotatable bonds is 2. The molecule has 1 atom stereocenters. The Hall–Kier alpha value is -0.590. The quantitative estimate of drug-likeness (QED) is 0.883. The smallest absolute Gasteiger partial charge is 0.312 e. The maximum atomic E-state index is 12.4. The Kier molecular flexibility index (Phi) is 3.75. The van der Waals surface area contributed by atoms with Crippen molar-refractivity contribution in [3.8, 4) is 0 Å². The average molecular weight is 264 g/mol. The van der Waals surface area contributed by atoms with Crippen molar-refractivity contribution in [3.63, 3.8) is 0 Å². The molecule has 1 aromatic heterocycles. The molecule has 0 aromatic carbocycles. The summed E-state index contributed by atoms with van der Waals surface area (Å²) in [5.74, 6) is 0. The van der Waals surface area contributed by atoms with Crippen LogP contribution in [0.4, 0.5) is 13.2 Å². The van der Waals surface area contributed by atoms with Crippen molar-refractivity contribution in [2.45, 2.75) is 25.7 Å². The third kappa shape index (κ3) is 3.43. The van der Waals surface area contributed by atoms with Gasteiger partial charge >= 0.3 is 6.18 Å². The molecule has 0 spiro atoms. The van der Waals surface area contributed by atoms with Crippen LogP contribution in [0.1, 0.15) is 16.7 Å². The number of nitrogens with zero attached hydrogens (tertiary/aromatic N) is 1. The highest BCUT2D eigenvalue weighted by atomic mass is 32.1. The summed E-state index contributed by atoms with van der Waals surface area (Å²) < 4.78 is 37.3. The number of nitrogens with one attached hydrogen (secondary N) is 1. The molecule has 2 heterocycles. The van der Waals surface area contributed by atoms with E-state index in [1.54, 1.807) is 6.07 Å². The molecular weight excluding hydrogens is 249 g/mol. The summed E-state index contributed by atoms with van der Waals surface area (Å²) in [4.78, 5) is 2.47. The van der Waals surface area contributed by atoms with E-state index < -0.39 is 11.1 Å². The standard InChI is InChI=1S/C11H15F3N2S/c1-8-6-16(5-4-15-8)7-9-2-3-10(17-9)11(12,13)14/h2-3,8,15H,4-7H2,1H3/t8-/m1/s1. The number of hydrogen-bond acceptors (Lipinski definition) is 3. The van der Waals surface area contributed by atoms with E-state index in [2.05, 4.69) is 17.1 Å². The second-order valence-corrected chi connectivity index (χ2v) is 5.52. The van der Waals surface area contributed by atoms with E-state index >= 15 is 0 Å². The highest BCUT2D eigenvalue weighted by Crippen LogP contribution is 2.34. The van der Waals surface area contributed by atoms with E-state index in [9.17, 15) is 13.2 Å². The van der Waals surface area contributed by atoms with Crippen LogP contribution in [-0.4, -0.2) is 30.6 Å². The van der Waals surface area contributed by atoms with Gasteiger partial charge in [0, 0.05) is 37.1 Å². The van der Waals surface area contributed by atoms with Crippen molar-refractivity contribution in [2.24, 2.45) is 0 Å². The first-order valence-corrected chi connectivity index (χ1v) is 6.38. The first kappa shape index (κ1) is 12.9. The van der Waals surface area contributed by atoms with Gasteiger partial charge in [-0.2, -0.15) is 13.2 Å². The van der Waals surface area contributed by atoms with Gasteiger partial charge in [-0.05, 0) is 19.1 Å². The minimum atomic E-state index is -4.21. The summed E-state index contributed by atoms with van der Waals surface area (Å²) in [6.45, 7) is 5.38. The highest BCUT2D eigenvalue weighted by Gasteiger charge is 2.32. The zero-order chi connectivity index (χ0) is 12.5. The fraction of sp³-hybridized carbons (Fsp3) is 0.636.